The molecule has 3 rings (SSSR count). The van der Waals surface area contributed by atoms with E-state index in [1.165, 1.54) is 0 Å². The maximum atomic E-state index is 5.89. The number of aromatic nitrogens is 2. The van der Waals surface area contributed by atoms with E-state index in [4.69, 9.17) is 10.5 Å². The molecule has 23 heavy (non-hydrogen) atoms. The largest absolute Gasteiger partial charge is 0.494 e. The van der Waals surface area contributed by atoms with Crippen LogP contribution in [0.15, 0.2) is 59.1 Å². The highest BCUT2D eigenvalue weighted by Gasteiger charge is 2.07. The average molecular weight is 370 g/mol. The fourth-order valence-corrected chi connectivity index (χ4v) is 2.70. The van der Waals surface area contributed by atoms with Crippen molar-refractivity contribution in [3.05, 3.63) is 59.1 Å². The molecule has 2 N–H and O–H groups in total. The Balaban J connectivity index is 2.00. The van der Waals surface area contributed by atoms with Gasteiger partial charge < -0.3 is 10.5 Å². The van der Waals surface area contributed by atoms with Crippen LogP contribution in [-0.2, 0) is 0 Å². The Morgan fingerprint density at radius 2 is 1.65 bits per heavy atom. The van der Waals surface area contributed by atoms with Crippen LogP contribution >= 0.6 is 15.9 Å². The summed E-state index contributed by atoms with van der Waals surface area (Å²) in [4.78, 5) is 8.68. The molecule has 0 aliphatic rings. The van der Waals surface area contributed by atoms with E-state index in [1.807, 2.05) is 61.5 Å². The molecule has 0 spiro atoms. The lowest BCUT2D eigenvalue weighted by molar-refractivity contribution is 0.340. The van der Waals surface area contributed by atoms with Gasteiger partial charge >= 0.3 is 0 Å². The Bertz CT molecular complexity index is 819. The molecule has 0 aliphatic carbocycles. The Labute approximate surface area is 143 Å². The van der Waals surface area contributed by atoms with Gasteiger partial charge in [-0.25, -0.2) is 9.97 Å². The highest BCUT2D eigenvalue weighted by atomic mass is 79.9. The molecule has 116 valence electrons. The van der Waals surface area contributed by atoms with Crippen molar-refractivity contribution in [1.29, 1.82) is 0 Å². The van der Waals surface area contributed by atoms with E-state index in [2.05, 4.69) is 25.9 Å². The minimum atomic E-state index is 0.256. The Morgan fingerprint density at radius 3 is 2.30 bits per heavy atom. The number of anilines is 1. The smallest absolute Gasteiger partial charge is 0.221 e. The average Bonchev–Trinajstić information content (AvgIpc) is 2.55. The second kappa shape index (κ2) is 6.79. The highest BCUT2D eigenvalue weighted by Crippen LogP contribution is 2.27. The summed E-state index contributed by atoms with van der Waals surface area (Å²) in [6, 6.07) is 17.7. The molecule has 2 aromatic carbocycles. The first-order chi connectivity index (χ1) is 11.2. The van der Waals surface area contributed by atoms with Gasteiger partial charge in [-0.05, 0) is 49.4 Å². The van der Waals surface area contributed by atoms with Crippen LogP contribution in [0.2, 0.25) is 0 Å². The molecular weight excluding hydrogens is 354 g/mol. The Kier molecular flexibility index (Phi) is 4.57. The molecule has 0 saturated heterocycles. The lowest BCUT2D eigenvalue weighted by Crippen LogP contribution is -1.99. The Hall–Kier alpha value is -2.40. The highest BCUT2D eigenvalue weighted by molar-refractivity contribution is 9.10. The molecule has 1 heterocycles. The van der Waals surface area contributed by atoms with Gasteiger partial charge in [0.25, 0.3) is 0 Å². The molecule has 0 fully saturated rings. The lowest BCUT2D eigenvalue weighted by atomic mass is 10.1. The van der Waals surface area contributed by atoms with Crippen LogP contribution in [0.1, 0.15) is 6.92 Å². The van der Waals surface area contributed by atoms with Crippen molar-refractivity contribution in [3.63, 3.8) is 0 Å². The first-order valence-corrected chi connectivity index (χ1v) is 8.09. The van der Waals surface area contributed by atoms with Crippen LogP contribution in [0.4, 0.5) is 5.95 Å². The summed E-state index contributed by atoms with van der Waals surface area (Å²) in [5.41, 5.74) is 9.43. The molecule has 0 amide bonds. The van der Waals surface area contributed by atoms with Gasteiger partial charge in [0.05, 0.1) is 18.0 Å². The Morgan fingerprint density at radius 1 is 0.957 bits per heavy atom. The van der Waals surface area contributed by atoms with E-state index in [0.717, 1.165) is 32.7 Å². The maximum absolute atomic E-state index is 5.89. The van der Waals surface area contributed by atoms with Gasteiger partial charge in [-0.3, -0.25) is 0 Å². The number of hydrogen-bond donors (Lipinski definition) is 1. The SMILES string of the molecule is CCOc1ccc(-c2cc(-c3cccc(Br)c3)nc(N)n2)cc1. The van der Waals surface area contributed by atoms with E-state index in [9.17, 15) is 0 Å². The van der Waals surface area contributed by atoms with Crippen molar-refractivity contribution in [1.82, 2.24) is 9.97 Å². The predicted octanol–water partition coefficient (Wildman–Crippen LogP) is 4.55. The summed E-state index contributed by atoms with van der Waals surface area (Å²) < 4.78 is 6.46. The molecule has 0 radical (unpaired) electrons. The third kappa shape index (κ3) is 3.68. The molecule has 0 atom stereocenters. The van der Waals surface area contributed by atoms with Crippen molar-refractivity contribution in [2.45, 2.75) is 6.92 Å². The number of rotatable bonds is 4. The van der Waals surface area contributed by atoms with Crippen molar-refractivity contribution in [3.8, 4) is 28.3 Å². The zero-order valence-corrected chi connectivity index (χ0v) is 14.2. The molecule has 0 aliphatic heterocycles. The second-order valence-corrected chi connectivity index (χ2v) is 5.88. The van der Waals surface area contributed by atoms with E-state index in [-0.39, 0.29) is 5.95 Å². The van der Waals surface area contributed by atoms with Crippen molar-refractivity contribution < 1.29 is 4.74 Å². The van der Waals surface area contributed by atoms with Crippen molar-refractivity contribution in [2.75, 3.05) is 12.3 Å². The standard InChI is InChI=1S/C18H16BrN3O/c1-2-23-15-8-6-12(7-9-15)16-11-17(22-18(20)21-16)13-4-3-5-14(19)10-13/h3-11H,2H2,1H3,(H2,20,21,22). The normalized spacial score (nSPS) is 10.5. The van der Waals surface area contributed by atoms with Gasteiger partial charge in [-0.15, -0.1) is 0 Å². The predicted molar refractivity (Wildman–Crippen MR) is 96.2 cm³/mol. The van der Waals surface area contributed by atoms with Crippen LogP contribution in [0.5, 0.6) is 5.75 Å². The number of nitrogen functional groups attached to an aromatic ring is 1. The van der Waals surface area contributed by atoms with E-state index < -0.39 is 0 Å². The molecule has 5 heteroatoms. The first kappa shape index (κ1) is 15.5. The molecule has 0 bridgehead atoms. The summed E-state index contributed by atoms with van der Waals surface area (Å²) in [6.45, 7) is 2.61. The zero-order valence-electron chi connectivity index (χ0n) is 12.7. The van der Waals surface area contributed by atoms with Crippen LogP contribution in [0, 0.1) is 0 Å². The van der Waals surface area contributed by atoms with E-state index in [1.54, 1.807) is 0 Å². The van der Waals surface area contributed by atoms with Crippen LogP contribution in [0.3, 0.4) is 0 Å². The van der Waals surface area contributed by atoms with Crippen LogP contribution in [-0.4, -0.2) is 16.6 Å². The molecule has 0 unspecified atom stereocenters. The molecule has 3 aromatic rings. The quantitative estimate of drug-likeness (QED) is 0.732. The number of nitrogens with two attached hydrogens (primary N) is 1. The third-order valence-corrected chi connectivity index (χ3v) is 3.82. The fraction of sp³-hybridized carbons (Fsp3) is 0.111. The molecular formula is C18H16BrN3O. The van der Waals surface area contributed by atoms with Crippen LogP contribution < -0.4 is 10.5 Å². The zero-order chi connectivity index (χ0) is 16.2. The van der Waals surface area contributed by atoms with E-state index >= 15 is 0 Å². The van der Waals surface area contributed by atoms with Gasteiger partial charge in [0, 0.05) is 15.6 Å². The van der Waals surface area contributed by atoms with Gasteiger partial charge in [0.15, 0.2) is 0 Å². The summed E-state index contributed by atoms with van der Waals surface area (Å²) >= 11 is 3.48. The first-order valence-electron chi connectivity index (χ1n) is 7.29. The number of benzene rings is 2. The number of ether oxygens (including phenoxy) is 1. The van der Waals surface area contributed by atoms with Crippen molar-refractivity contribution in [2.24, 2.45) is 0 Å². The number of halogens is 1. The van der Waals surface area contributed by atoms with Gasteiger partial charge in [0.1, 0.15) is 5.75 Å². The molecule has 0 saturated carbocycles. The van der Waals surface area contributed by atoms with Gasteiger partial charge in [-0.1, -0.05) is 28.1 Å². The van der Waals surface area contributed by atoms with E-state index in [0.29, 0.717) is 6.61 Å². The minimum absolute atomic E-state index is 0.256. The summed E-state index contributed by atoms with van der Waals surface area (Å²) in [5.74, 6) is 1.09. The summed E-state index contributed by atoms with van der Waals surface area (Å²) in [5, 5.41) is 0. The second-order valence-electron chi connectivity index (χ2n) is 4.96. The minimum Gasteiger partial charge on any atom is -0.494 e. The van der Waals surface area contributed by atoms with Gasteiger partial charge in [-0.2, -0.15) is 0 Å². The lowest BCUT2D eigenvalue weighted by Gasteiger charge is -2.08. The summed E-state index contributed by atoms with van der Waals surface area (Å²) in [7, 11) is 0. The fourth-order valence-electron chi connectivity index (χ4n) is 2.30. The summed E-state index contributed by atoms with van der Waals surface area (Å²) in [6.07, 6.45) is 0. The van der Waals surface area contributed by atoms with Crippen LogP contribution in [0.25, 0.3) is 22.5 Å². The van der Waals surface area contributed by atoms with Crippen molar-refractivity contribution >= 4 is 21.9 Å². The molecule has 1 aromatic heterocycles. The topological polar surface area (TPSA) is 61.0 Å². The molecule has 4 nitrogen and oxygen atoms in total. The maximum Gasteiger partial charge on any atom is 0.221 e. The number of nitrogens with zero attached hydrogens (tertiary/aromatic N) is 2. The van der Waals surface area contributed by atoms with Gasteiger partial charge in [0.2, 0.25) is 5.95 Å². The third-order valence-electron chi connectivity index (χ3n) is 3.32. The number of hydrogen-bond acceptors (Lipinski definition) is 4. The monoisotopic (exact) mass is 369 g/mol.